The third-order valence-corrected chi connectivity index (χ3v) is 3.03. The SMILES string of the molecule is CCNC(C=C(C)C)C1Cc2ccccc2O1. The lowest BCUT2D eigenvalue weighted by atomic mass is 10.0. The van der Waals surface area contributed by atoms with Crippen LogP contribution in [0.3, 0.4) is 0 Å². The van der Waals surface area contributed by atoms with Crippen LogP contribution in [0, 0.1) is 0 Å². The number of nitrogens with one attached hydrogen (secondary N) is 1. The largest absolute Gasteiger partial charge is 0.488 e. The lowest BCUT2D eigenvalue weighted by molar-refractivity contribution is 0.199. The molecule has 0 radical (unpaired) electrons. The Labute approximate surface area is 104 Å². The van der Waals surface area contributed by atoms with Gasteiger partial charge in [-0.15, -0.1) is 0 Å². The predicted octanol–water partition coefficient (Wildman–Crippen LogP) is 2.93. The molecule has 17 heavy (non-hydrogen) atoms. The second-order valence-electron chi connectivity index (χ2n) is 4.80. The van der Waals surface area contributed by atoms with Crippen molar-refractivity contribution >= 4 is 0 Å². The molecule has 0 aliphatic carbocycles. The van der Waals surface area contributed by atoms with Gasteiger partial charge in [-0.05, 0) is 32.0 Å². The minimum absolute atomic E-state index is 0.224. The zero-order chi connectivity index (χ0) is 12.3. The van der Waals surface area contributed by atoms with Crippen molar-refractivity contribution in [1.82, 2.24) is 5.32 Å². The number of para-hydroxylation sites is 1. The minimum Gasteiger partial charge on any atom is -0.488 e. The Morgan fingerprint density at radius 2 is 2.24 bits per heavy atom. The highest BCUT2D eigenvalue weighted by Gasteiger charge is 2.28. The molecule has 0 saturated heterocycles. The van der Waals surface area contributed by atoms with Gasteiger partial charge >= 0.3 is 0 Å². The summed E-state index contributed by atoms with van der Waals surface area (Å²) < 4.78 is 6.02. The fourth-order valence-corrected chi connectivity index (χ4v) is 2.30. The van der Waals surface area contributed by atoms with E-state index in [2.05, 4.69) is 50.4 Å². The fraction of sp³-hybridized carbons (Fsp3) is 0.467. The van der Waals surface area contributed by atoms with Crippen molar-refractivity contribution in [3.8, 4) is 5.75 Å². The number of allylic oxidation sites excluding steroid dienone is 1. The van der Waals surface area contributed by atoms with Crippen LogP contribution < -0.4 is 10.1 Å². The molecule has 1 aliphatic heterocycles. The summed E-state index contributed by atoms with van der Waals surface area (Å²) >= 11 is 0. The van der Waals surface area contributed by atoms with E-state index in [1.54, 1.807) is 0 Å². The highest BCUT2D eigenvalue weighted by Crippen LogP contribution is 2.29. The Morgan fingerprint density at radius 1 is 1.47 bits per heavy atom. The van der Waals surface area contributed by atoms with Crippen molar-refractivity contribution in [3.63, 3.8) is 0 Å². The summed E-state index contributed by atoms with van der Waals surface area (Å²) in [5.41, 5.74) is 2.65. The van der Waals surface area contributed by atoms with Gasteiger partial charge < -0.3 is 10.1 Å². The van der Waals surface area contributed by atoms with E-state index in [4.69, 9.17) is 4.74 Å². The summed E-state index contributed by atoms with van der Waals surface area (Å²) in [6.45, 7) is 7.36. The molecule has 1 N–H and O–H groups in total. The van der Waals surface area contributed by atoms with Crippen LogP contribution in [-0.4, -0.2) is 18.7 Å². The monoisotopic (exact) mass is 231 g/mol. The Hall–Kier alpha value is -1.28. The summed E-state index contributed by atoms with van der Waals surface area (Å²) in [6.07, 6.45) is 3.49. The smallest absolute Gasteiger partial charge is 0.123 e. The first-order chi connectivity index (χ1) is 8.20. The van der Waals surface area contributed by atoms with E-state index >= 15 is 0 Å². The minimum atomic E-state index is 0.224. The van der Waals surface area contributed by atoms with Crippen LogP contribution in [0.15, 0.2) is 35.9 Å². The topological polar surface area (TPSA) is 21.3 Å². The van der Waals surface area contributed by atoms with Crippen LogP contribution in [0.2, 0.25) is 0 Å². The molecule has 2 nitrogen and oxygen atoms in total. The van der Waals surface area contributed by atoms with Crippen LogP contribution >= 0.6 is 0 Å². The lowest BCUT2D eigenvalue weighted by Gasteiger charge is -2.21. The van der Waals surface area contributed by atoms with Gasteiger partial charge in [-0.2, -0.15) is 0 Å². The highest BCUT2D eigenvalue weighted by atomic mass is 16.5. The zero-order valence-corrected chi connectivity index (χ0v) is 10.9. The molecule has 2 unspecified atom stereocenters. The van der Waals surface area contributed by atoms with E-state index in [1.165, 1.54) is 11.1 Å². The van der Waals surface area contributed by atoms with Gasteiger partial charge in [0, 0.05) is 6.42 Å². The van der Waals surface area contributed by atoms with Crippen molar-refractivity contribution < 1.29 is 4.74 Å². The maximum Gasteiger partial charge on any atom is 0.123 e. The Balaban J connectivity index is 2.11. The average molecular weight is 231 g/mol. The Morgan fingerprint density at radius 3 is 2.88 bits per heavy atom. The molecule has 0 spiro atoms. The van der Waals surface area contributed by atoms with E-state index in [-0.39, 0.29) is 6.10 Å². The third kappa shape index (κ3) is 2.89. The van der Waals surface area contributed by atoms with Crippen molar-refractivity contribution in [2.45, 2.75) is 39.3 Å². The van der Waals surface area contributed by atoms with Crippen molar-refractivity contribution in [1.29, 1.82) is 0 Å². The standard InChI is InChI=1S/C15H21NO/c1-4-16-13(9-11(2)3)15-10-12-7-5-6-8-14(12)17-15/h5-9,13,15-16H,4,10H2,1-3H3. The maximum atomic E-state index is 6.02. The van der Waals surface area contributed by atoms with E-state index < -0.39 is 0 Å². The first kappa shape index (κ1) is 12.2. The molecule has 0 saturated carbocycles. The van der Waals surface area contributed by atoms with Crippen molar-refractivity contribution in [3.05, 3.63) is 41.5 Å². The predicted molar refractivity (Wildman–Crippen MR) is 71.5 cm³/mol. The zero-order valence-electron chi connectivity index (χ0n) is 10.9. The Bertz CT molecular complexity index is 382. The number of likely N-dealkylation sites (N-methyl/N-ethyl adjacent to an activating group) is 1. The molecule has 2 heteroatoms. The fourth-order valence-electron chi connectivity index (χ4n) is 2.30. The first-order valence-electron chi connectivity index (χ1n) is 6.33. The first-order valence-corrected chi connectivity index (χ1v) is 6.33. The lowest BCUT2D eigenvalue weighted by Crippen LogP contribution is -2.41. The molecule has 2 rings (SSSR count). The summed E-state index contributed by atoms with van der Waals surface area (Å²) in [4.78, 5) is 0. The van der Waals surface area contributed by atoms with Gasteiger partial charge in [0.15, 0.2) is 0 Å². The average Bonchev–Trinajstić information content (AvgIpc) is 2.71. The normalized spacial score (nSPS) is 19.4. The molecule has 0 fully saturated rings. The highest BCUT2D eigenvalue weighted by molar-refractivity contribution is 5.38. The van der Waals surface area contributed by atoms with Crippen LogP contribution in [-0.2, 0) is 6.42 Å². The van der Waals surface area contributed by atoms with Gasteiger partial charge in [-0.3, -0.25) is 0 Å². The van der Waals surface area contributed by atoms with Crippen LogP contribution in [0.25, 0.3) is 0 Å². The van der Waals surface area contributed by atoms with Gasteiger partial charge in [0.05, 0.1) is 6.04 Å². The quantitative estimate of drug-likeness (QED) is 0.804. The molecule has 1 aliphatic rings. The molecule has 0 bridgehead atoms. The van der Waals surface area contributed by atoms with Gasteiger partial charge in [0.1, 0.15) is 11.9 Å². The van der Waals surface area contributed by atoms with E-state index in [1.807, 2.05) is 6.07 Å². The molecular weight excluding hydrogens is 210 g/mol. The molecule has 2 atom stereocenters. The van der Waals surface area contributed by atoms with Gasteiger partial charge in [-0.1, -0.05) is 36.8 Å². The Kier molecular flexibility index (Phi) is 3.85. The number of ether oxygens (including phenoxy) is 1. The van der Waals surface area contributed by atoms with Crippen molar-refractivity contribution in [2.75, 3.05) is 6.54 Å². The number of benzene rings is 1. The van der Waals surface area contributed by atoms with Crippen LogP contribution in [0.1, 0.15) is 26.3 Å². The van der Waals surface area contributed by atoms with Crippen molar-refractivity contribution in [2.24, 2.45) is 0 Å². The maximum absolute atomic E-state index is 6.02. The summed E-state index contributed by atoms with van der Waals surface area (Å²) in [7, 11) is 0. The van der Waals surface area contributed by atoms with Crippen LogP contribution in [0.5, 0.6) is 5.75 Å². The number of hydrogen-bond acceptors (Lipinski definition) is 2. The molecule has 1 aromatic carbocycles. The molecule has 92 valence electrons. The van der Waals surface area contributed by atoms with E-state index in [0.29, 0.717) is 6.04 Å². The second-order valence-corrected chi connectivity index (χ2v) is 4.80. The van der Waals surface area contributed by atoms with E-state index in [0.717, 1.165) is 18.7 Å². The molecular formula is C15H21NO. The number of rotatable bonds is 4. The second kappa shape index (κ2) is 5.37. The molecule has 1 aromatic rings. The van der Waals surface area contributed by atoms with E-state index in [9.17, 15) is 0 Å². The van der Waals surface area contributed by atoms with Gasteiger partial charge in [0.25, 0.3) is 0 Å². The molecule has 0 aromatic heterocycles. The molecule has 0 amide bonds. The van der Waals surface area contributed by atoms with Gasteiger partial charge in [-0.25, -0.2) is 0 Å². The summed E-state index contributed by atoms with van der Waals surface area (Å²) in [5.74, 6) is 1.04. The number of fused-ring (bicyclic) bond motifs is 1. The van der Waals surface area contributed by atoms with Crippen LogP contribution in [0.4, 0.5) is 0 Å². The molecule has 1 heterocycles. The summed E-state index contributed by atoms with van der Waals surface area (Å²) in [5, 5.41) is 3.49. The summed E-state index contributed by atoms with van der Waals surface area (Å²) in [6, 6.07) is 8.62. The third-order valence-electron chi connectivity index (χ3n) is 3.03. The number of hydrogen-bond donors (Lipinski definition) is 1. The van der Waals surface area contributed by atoms with Gasteiger partial charge in [0.2, 0.25) is 0 Å².